The first-order valence-corrected chi connectivity index (χ1v) is 9.89. The minimum absolute atomic E-state index is 0.341. The van der Waals surface area contributed by atoms with Crippen LogP contribution in [0.2, 0.25) is 0 Å². The van der Waals surface area contributed by atoms with Gasteiger partial charge in [-0.15, -0.1) is 0 Å². The van der Waals surface area contributed by atoms with Gasteiger partial charge >= 0.3 is 0 Å². The van der Waals surface area contributed by atoms with Gasteiger partial charge in [-0.1, -0.05) is 0 Å². The van der Waals surface area contributed by atoms with Gasteiger partial charge in [-0.2, -0.15) is 0 Å². The number of hydrogen-bond donors (Lipinski definition) is 3. The summed E-state index contributed by atoms with van der Waals surface area (Å²) in [7, 11) is 0. The second-order valence-electron chi connectivity index (χ2n) is 7.98. The number of aliphatic hydroxyl groups is 1. The highest BCUT2D eigenvalue weighted by Crippen LogP contribution is 2.41. The molecule has 4 rings (SSSR count). The first kappa shape index (κ1) is 21.0. The molecule has 0 saturated carbocycles. The SMILES string of the molecule is CC(NN1c2cncnc2N(c2ccc(F)cc2)[C@@H]1Nc1ccc(F)cc1)C(C)(C)O. The fraction of sp³-hybridized carbons (Fsp3) is 0.273. The summed E-state index contributed by atoms with van der Waals surface area (Å²) in [6.45, 7) is 5.28. The van der Waals surface area contributed by atoms with Gasteiger partial charge in [0.15, 0.2) is 12.1 Å². The number of benzene rings is 2. The maximum atomic E-state index is 13.6. The van der Waals surface area contributed by atoms with Crippen LogP contribution in [0.1, 0.15) is 20.8 Å². The van der Waals surface area contributed by atoms with Crippen molar-refractivity contribution in [2.75, 3.05) is 15.2 Å². The Morgan fingerprint density at radius 3 is 2.26 bits per heavy atom. The molecular weight excluding hydrogens is 402 g/mol. The van der Waals surface area contributed by atoms with Crippen LogP contribution < -0.4 is 20.7 Å². The average molecular weight is 426 g/mol. The minimum atomic E-state index is -1.01. The van der Waals surface area contributed by atoms with Crippen molar-refractivity contribution in [2.45, 2.75) is 38.7 Å². The number of nitrogens with one attached hydrogen (secondary N) is 2. The lowest BCUT2D eigenvalue weighted by Crippen LogP contribution is -2.59. The quantitative estimate of drug-likeness (QED) is 0.554. The molecule has 1 unspecified atom stereocenters. The van der Waals surface area contributed by atoms with Crippen molar-refractivity contribution in [2.24, 2.45) is 0 Å². The van der Waals surface area contributed by atoms with Crippen molar-refractivity contribution in [3.05, 3.63) is 72.7 Å². The molecular formula is C22H24F2N6O. The fourth-order valence-electron chi connectivity index (χ4n) is 3.23. The van der Waals surface area contributed by atoms with Gasteiger partial charge < -0.3 is 10.4 Å². The summed E-state index contributed by atoms with van der Waals surface area (Å²) >= 11 is 0. The van der Waals surface area contributed by atoms with E-state index in [2.05, 4.69) is 20.7 Å². The Kier molecular flexibility index (Phi) is 5.47. The molecule has 3 N–H and O–H groups in total. The highest BCUT2D eigenvalue weighted by molar-refractivity contribution is 5.80. The van der Waals surface area contributed by atoms with E-state index in [1.807, 2.05) is 16.8 Å². The van der Waals surface area contributed by atoms with Crippen LogP contribution in [0.25, 0.3) is 0 Å². The summed E-state index contributed by atoms with van der Waals surface area (Å²) in [6, 6.07) is 11.7. The van der Waals surface area contributed by atoms with Crippen molar-refractivity contribution in [1.82, 2.24) is 15.4 Å². The summed E-state index contributed by atoms with van der Waals surface area (Å²) in [4.78, 5) is 10.5. The zero-order valence-corrected chi connectivity index (χ0v) is 17.4. The Bertz CT molecular complexity index is 1040. The summed E-state index contributed by atoms with van der Waals surface area (Å²) < 4.78 is 27.0. The van der Waals surface area contributed by atoms with Crippen LogP contribution in [0, 0.1) is 11.6 Å². The summed E-state index contributed by atoms with van der Waals surface area (Å²) in [5, 5.41) is 15.7. The number of hydrogen-bond acceptors (Lipinski definition) is 7. The van der Waals surface area contributed by atoms with Gasteiger partial charge in [0, 0.05) is 11.4 Å². The monoisotopic (exact) mass is 426 g/mol. The van der Waals surface area contributed by atoms with Crippen molar-refractivity contribution >= 4 is 22.9 Å². The van der Waals surface area contributed by atoms with Crippen LogP contribution in [0.4, 0.5) is 31.7 Å². The van der Waals surface area contributed by atoms with E-state index in [9.17, 15) is 13.9 Å². The third-order valence-electron chi connectivity index (χ3n) is 5.29. The second kappa shape index (κ2) is 8.09. The van der Waals surface area contributed by atoms with E-state index in [1.165, 1.54) is 30.6 Å². The molecule has 1 aliphatic rings. The van der Waals surface area contributed by atoms with Gasteiger partial charge in [0.2, 0.25) is 0 Å². The molecule has 0 aliphatic carbocycles. The molecule has 2 aromatic carbocycles. The molecule has 3 aromatic rings. The van der Waals surface area contributed by atoms with E-state index in [4.69, 9.17) is 0 Å². The van der Waals surface area contributed by atoms with E-state index >= 15 is 0 Å². The highest BCUT2D eigenvalue weighted by Gasteiger charge is 2.40. The van der Waals surface area contributed by atoms with Gasteiger partial charge in [0.05, 0.1) is 17.8 Å². The van der Waals surface area contributed by atoms with Crippen LogP contribution in [0.3, 0.4) is 0 Å². The van der Waals surface area contributed by atoms with Crippen molar-refractivity contribution in [3.63, 3.8) is 0 Å². The lowest BCUT2D eigenvalue weighted by Gasteiger charge is -2.38. The van der Waals surface area contributed by atoms with E-state index in [0.29, 0.717) is 22.9 Å². The molecule has 2 heterocycles. The van der Waals surface area contributed by atoms with Crippen LogP contribution in [0.5, 0.6) is 0 Å². The number of halogens is 2. The molecule has 162 valence electrons. The third-order valence-corrected chi connectivity index (χ3v) is 5.29. The van der Waals surface area contributed by atoms with Crippen molar-refractivity contribution in [3.8, 4) is 0 Å². The van der Waals surface area contributed by atoms with Crippen LogP contribution in [-0.2, 0) is 0 Å². The molecule has 7 nitrogen and oxygen atoms in total. The minimum Gasteiger partial charge on any atom is -0.389 e. The number of anilines is 4. The lowest BCUT2D eigenvalue weighted by atomic mass is 10.0. The predicted molar refractivity (Wildman–Crippen MR) is 116 cm³/mol. The number of rotatable bonds is 6. The molecule has 31 heavy (non-hydrogen) atoms. The topological polar surface area (TPSA) is 76.5 Å². The fourth-order valence-corrected chi connectivity index (χ4v) is 3.23. The Labute approximate surface area is 179 Å². The normalized spacial score (nSPS) is 16.9. The Balaban J connectivity index is 1.78. The van der Waals surface area contributed by atoms with Crippen LogP contribution in [0.15, 0.2) is 61.1 Å². The first-order chi connectivity index (χ1) is 14.7. The Hall–Kier alpha value is -3.30. The summed E-state index contributed by atoms with van der Waals surface area (Å²) in [5.74, 6) is -0.0941. The van der Waals surface area contributed by atoms with Gasteiger partial charge in [0.1, 0.15) is 23.6 Å². The van der Waals surface area contributed by atoms with E-state index in [-0.39, 0.29) is 17.7 Å². The molecule has 0 radical (unpaired) electrons. The van der Waals surface area contributed by atoms with Crippen molar-refractivity contribution < 1.29 is 13.9 Å². The predicted octanol–water partition coefficient (Wildman–Crippen LogP) is 3.77. The molecule has 1 aromatic heterocycles. The maximum Gasteiger partial charge on any atom is 0.198 e. The van der Waals surface area contributed by atoms with E-state index in [0.717, 1.165) is 0 Å². The zero-order chi connectivity index (χ0) is 22.2. The largest absolute Gasteiger partial charge is 0.389 e. The molecule has 0 fully saturated rings. The van der Waals surface area contributed by atoms with Gasteiger partial charge in [-0.3, -0.25) is 9.91 Å². The Morgan fingerprint density at radius 1 is 1.03 bits per heavy atom. The highest BCUT2D eigenvalue weighted by atomic mass is 19.1. The number of aromatic nitrogens is 2. The Morgan fingerprint density at radius 2 is 1.65 bits per heavy atom. The smallest absolute Gasteiger partial charge is 0.198 e. The molecule has 0 spiro atoms. The molecule has 0 saturated heterocycles. The number of nitrogens with zero attached hydrogens (tertiary/aromatic N) is 4. The van der Waals surface area contributed by atoms with Crippen LogP contribution >= 0.6 is 0 Å². The standard InChI is InChI=1S/C22H24F2N6O/c1-14(22(2,3)31)28-30-19-12-25-13-26-20(19)29(18-10-6-16(24)7-11-18)21(30)27-17-8-4-15(23)5-9-17/h4-14,21,27-28,31H,1-3H3/t14?,21-/m0/s1. The zero-order valence-electron chi connectivity index (χ0n) is 17.4. The summed E-state index contributed by atoms with van der Waals surface area (Å²) in [5.41, 5.74) is 4.34. The molecule has 9 heteroatoms. The molecule has 2 atom stereocenters. The summed E-state index contributed by atoms with van der Waals surface area (Å²) in [6.07, 6.45) is 2.54. The maximum absolute atomic E-state index is 13.6. The molecule has 1 aliphatic heterocycles. The number of fused-ring (bicyclic) bond motifs is 1. The van der Waals surface area contributed by atoms with Gasteiger partial charge in [0.25, 0.3) is 0 Å². The van der Waals surface area contributed by atoms with Gasteiger partial charge in [-0.05, 0) is 69.3 Å². The lowest BCUT2D eigenvalue weighted by molar-refractivity contribution is 0.0426. The van der Waals surface area contributed by atoms with Crippen LogP contribution in [-0.4, -0.2) is 33.0 Å². The third kappa shape index (κ3) is 4.28. The first-order valence-electron chi connectivity index (χ1n) is 9.89. The van der Waals surface area contributed by atoms with Crippen molar-refractivity contribution in [1.29, 1.82) is 0 Å². The van der Waals surface area contributed by atoms with Gasteiger partial charge in [-0.25, -0.2) is 24.2 Å². The molecule has 0 amide bonds. The average Bonchev–Trinajstić information content (AvgIpc) is 3.03. The van der Waals surface area contributed by atoms with E-state index in [1.54, 1.807) is 44.3 Å². The second-order valence-corrected chi connectivity index (χ2v) is 7.98. The van der Waals surface area contributed by atoms with E-state index < -0.39 is 11.9 Å². The molecule has 0 bridgehead atoms. The number of hydrazine groups is 1.